The molecule has 166 valence electrons. The standard InChI is InChI=1S/C25H33N3O3/c1-18-9-11-19(12-10-18)22-15-21(31-26-22)16-25(24(30)27(2)3)13-6-14-28(17-25)23(29)20-7-4-5-8-20/h9-12,15,20H,4-8,13-14,16-17H2,1-3H3/t25-/m1/s1. The van der Waals surface area contributed by atoms with Crippen molar-refractivity contribution in [2.75, 3.05) is 27.2 Å². The lowest BCUT2D eigenvalue weighted by atomic mass is 9.74. The van der Waals surface area contributed by atoms with Crippen molar-refractivity contribution in [3.8, 4) is 11.3 Å². The summed E-state index contributed by atoms with van der Waals surface area (Å²) in [5.41, 5.74) is 2.30. The second kappa shape index (κ2) is 8.85. The van der Waals surface area contributed by atoms with E-state index < -0.39 is 5.41 Å². The van der Waals surface area contributed by atoms with Gasteiger partial charge in [-0.05, 0) is 32.6 Å². The highest BCUT2D eigenvalue weighted by Crippen LogP contribution is 2.38. The molecule has 0 bridgehead atoms. The van der Waals surface area contributed by atoms with Crippen molar-refractivity contribution in [1.29, 1.82) is 0 Å². The zero-order valence-corrected chi connectivity index (χ0v) is 18.9. The van der Waals surface area contributed by atoms with Crippen LogP contribution in [-0.2, 0) is 16.0 Å². The summed E-state index contributed by atoms with van der Waals surface area (Å²) in [5, 5.41) is 4.25. The molecular weight excluding hydrogens is 390 g/mol. The highest BCUT2D eigenvalue weighted by Gasteiger charge is 2.46. The van der Waals surface area contributed by atoms with Crippen molar-refractivity contribution in [3.05, 3.63) is 41.7 Å². The van der Waals surface area contributed by atoms with E-state index in [0.29, 0.717) is 18.7 Å². The number of amides is 2. The molecule has 0 spiro atoms. The van der Waals surface area contributed by atoms with Crippen molar-refractivity contribution in [2.24, 2.45) is 11.3 Å². The summed E-state index contributed by atoms with van der Waals surface area (Å²) >= 11 is 0. The summed E-state index contributed by atoms with van der Waals surface area (Å²) in [5.74, 6) is 1.11. The number of aryl methyl sites for hydroxylation is 1. The predicted molar refractivity (Wildman–Crippen MR) is 119 cm³/mol. The van der Waals surface area contributed by atoms with Crippen molar-refractivity contribution in [1.82, 2.24) is 15.0 Å². The molecule has 4 rings (SSSR count). The van der Waals surface area contributed by atoms with E-state index in [-0.39, 0.29) is 17.7 Å². The molecule has 2 aliphatic rings. The Morgan fingerprint density at radius 2 is 1.87 bits per heavy atom. The molecule has 2 fully saturated rings. The van der Waals surface area contributed by atoms with Crippen LogP contribution in [0.5, 0.6) is 0 Å². The first kappa shape index (κ1) is 21.6. The number of rotatable bonds is 5. The molecule has 0 unspecified atom stereocenters. The van der Waals surface area contributed by atoms with Gasteiger partial charge in [0, 0.05) is 51.2 Å². The smallest absolute Gasteiger partial charge is 0.230 e. The van der Waals surface area contributed by atoms with Crippen molar-refractivity contribution in [3.63, 3.8) is 0 Å². The SMILES string of the molecule is Cc1ccc(-c2cc(C[C@]3(C(=O)N(C)C)CCCN(C(=O)C4CCCC4)C3)on2)cc1. The number of carbonyl (C=O) groups is 2. The number of piperidine rings is 1. The number of nitrogens with zero attached hydrogens (tertiary/aromatic N) is 3. The lowest BCUT2D eigenvalue weighted by Gasteiger charge is -2.43. The van der Waals surface area contributed by atoms with Gasteiger partial charge in [0.25, 0.3) is 0 Å². The zero-order chi connectivity index (χ0) is 22.0. The number of likely N-dealkylation sites (tertiary alicyclic amines) is 1. The second-order valence-corrected chi connectivity index (χ2v) is 9.55. The van der Waals surface area contributed by atoms with Gasteiger partial charge in [-0.2, -0.15) is 0 Å². The first-order chi connectivity index (χ1) is 14.9. The summed E-state index contributed by atoms with van der Waals surface area (Å²) in [6.45, 7) is 3.25. The van der Waals surface area contributed by atoms with Gasteiger partial charge in [0.2, 0.25) is 11.8 Å². The van der Waals surface area contributed by atoms with Crippen LogP contribution >= 0.6 is 0 Å². The lowest BCUT2D eigenvalue weighted by Crippen LogP contribution is -2.55. The van der Waals surface area contributed by atoms with Crippen LogP contribution in [-0.4, -0.2) is 54.0 Å². The van der Waals surface area contributed by atoms with Gasteiger partial charge in [0.1, 0.15) is 11.5 Å². The number of benzene rings is 1. The van der Waals surface area contributed by atoms with Crippen molar-refractivity contribution >= 4 is 11.8 Å². The Morgan fingerprint density at radius 1 is 1.16 bits per heavy atom. The van der Waals surface area contributed by atoms with Crippen molar-refractivity contribution < 1.29 is 14.1 Å². The van der Waals surface area contributed by atoms with Crippen LogP contribution in [0.15, 0.2) is 34.9 Å². The minimum atomic E-state index is -0.667. The molecule has 0 radical (unpaired) electrons. The third kappa shape index (κ3) is 4.53. The van der Waals surface area contributed by atoms with E-state index >= 15 is 0 Å². The molecule has 31 heavy (non-hydrogen) atoms. The van der Waals surface area contributed by atoms with E-state index in [9.17, 15) is 9.59 Å². The molecule has 1 aromatic carbocycles. The Labute approximate surface area is 184 Å². The molecule has 1 saturated carbocycles. The van der Waals surface area contributed by atoms with Gasteiger partial charge in [-0.25, -0.2) is 0 Å². The summed E-state index contributed by atoms with van der Waals surface area (Å²) < 4.78 is 5.68. The fourth-order valence-corrected chi connectivity index (χ4v) is 5.21. The molecule has 2 aromatic rings. The highest BCUT2D eigenvalue weighted by atomic mass is 16.5. The van der Waals surface area contributed by atoms with E-state index in [0.717, 1.165) is 56.3 Å². The maximum Gasteiger partial charge on any atom is 0.230 e. The topological polar surface area (TPSA) is 66.7 Å². The number of hydrogen-bond donors (Lipinski definition) is 0. The first-order valence-electron chi connectivity index (χ1n) is 11.4. The average Bonchev–Trinajstić information content (AvgIpc) is 3.46. The molecule has 1 aliphatic heterocycles. The minimum Gasteiger partial charge on any atom is -0.361 e. The van der Waals surface area contributed by atoms with Crippen LogP contribution in [0.1, 0.15) is 49.8 Å². The van der Waals surface area contributed by atoms with E-state index in [1.54, 1.807) is 19.0 Å². The van der Waals surface area contributed by atoms with E-state index in [2.05, 4.69) is 12.1 Å². The third-order valence-electron chi connectivity index (χ3n) is 6.87. The zero-order valence-electron chi connectivity index (χ0n) is 18.9. The van der Waals surface area contributed by atoms with Crippen LogP contribution in [0, 0.1) is 18.3 Å². The third-order valence-corrected chi connectivity index (χ3v) is 6.87. The maximum absolute atomic E-state index is 13.4. The molecule has 6 heteroatoms. The quantitative estimate of drug-likeness (QED) is 0.727. The highest BCUT2D eigenvalue weighted by molar-refractivity contribution is 5.85. The Hall–Kier alpha value is -2.63. The summed E-state index contributed by atoms with van der Waals surface area (Å²) in [6.07, 6.45) is 6.25. The fraction of sp³-hybridized carbons (Fsp3) is 0.560. The monoisotopic (exact) mass is 423 g/mol. The normalized spacial score (nSPS) is 22.0. The fourth-order valence-electron chi connectivity index (χ4n) is 5.21. The van der Waals surface area contributed by atoms with Gasteiger partial charge in [0.15, 0.2) is 0 Å². The largest absolute Gasteiger partial charge is 0.361 e. The second-order valence-electron chi connectivity index (χ2n) is 9.55. The molecule has 2 heterocycles. The number of carbonyl (C=O) groups excluding carboxylic acids is 2. The van der Waals surface area contributed by atoms with Gasteiger partial charge in [-0.15, -0.1) is 0 Å². The predicted octanol–water partition coefficient (Wildman–Crippen LogP) is 4.08. The van der Waals surface area contributed by atoms with E-state index in [1.807, 2.05) is 35.2 Å². The Balaban J connectivity index is 1.57. The Bertz CT molecular complexity index is 928. The summed E-state index contributed by atoms with van der Waals surface area (Å²) in [7, 11) is 3.58. The average molecular weight is 424 g/mol. The molecule has 2 amide bonds. The summed E-state index contributed by atoms with van der Waals surface area (Å²) in [4.78, 5) is 30.1. The van der Waals surface area contributed by atoms with Gasteiger partial charge in [-0.3, -0.25) is 9.59 Å². The Kier molecular flexibility index (Phi) is 6.17. The molecule has 1 aliphatic carbocycles. The molecular formula is C25H33N3O3. The maximum atomic E-state index is 13.4. The summed E-state index contributed by atoms with van der Waals surface area (Å²) in [6, 6.07) is 10.1. The van der Waals surface area contributed by atoms with Crippen LogP contribution < -0.4 is 0 Å². The van der Waals surface area contributed by atoms with Crippen LogP contribution in [0.25, 0.3) is 11.3 Å². The van der Waals surface area contributed by atoms with Crippen LogP contribution in [0.2, 0.25) is 0 Å². The number of hydrogen-bond acceptors (Lipinski definition) is 4. The van der Waals surface area contributed by atoms with Crippen LogP contribution in [0.3, 0.4) is 0 Å². The molecule has 1 saturated heterocycles. The van der Waals surface area contributed by atoms with Gasteiger partial charge >= 0.3 is 0 Å². The van der Waals surface area contributed by atoms with Crippen LogP contribution in [0.4, 0.5) is 0 Å². The number of aromatic nitrogens is 1. The molecule has 1 aromatic heterocycles. The molecule has 0 N–H and O–H groups in total. The Morgan fingerprint density at radius 3 is 2.55 bits per heavy atom. The van der Waals surface area contributed by atoms with E-state index in [4.69, 9.17) is 4.52 Å². The molecule has 1 atom stereocenters. The minimum absolute atomic E-state index is 0.0599. The van der Waals surface area contributed by atoms with Gasteiger partial charge < -0.3 is 14.3 Å². The van der Waals surface area contributed by atoms with E-state index in [1.165, 1.54) is 5.56 Å². The first-order valence-corrected chi connectivity index (χ1v) is 11.4. The molecule has 6 nitrogen and oxygen atoms in total. The lowest BCUT2D eigenvalue weighted by molar-refractivity contribution is -0.149. The van der Waals surface area contributed by atoms with Gasteiger partial charge in [0.05, 0.1) is 5.41 Å². The van der Waals surface area contributed by atoms with Gasteiger partial charge in [-0.1, -0.05) is 47.8 Å². The van der Waals surface area contributed by atoms with Crippen molar-refractivity contribution in [2.45, 2.75) is 51.9 Å².